The van der Waals surface area contributed by atoms with Crippen LogP contribution in [0.3, 0.4) is 0 Å². The van der Waals surface area contributed by atoms with Crippen LogP contribution >= 0.6 is 0 Å². The van der Waals surface area contributed by atoms with Crippen LogP contribution in [0, 0.1) is 0 Å². The Morgan fingerprint density at radius 1 is 1.00 bits per heavy atom. The number of anilines is 1. The van der Waals surface area contributed by atoms with Crippen molar-refractivity contribution in [2.45, 2.75) is 32.9 Å². The van der Waals surface area contributed by atoms with Crippen LogP contribution < -0.4 is 5.32 Å². The topological polar surface area (TPSA) is 79.7 Å². The Balaban J connectivity index is 1.31. The number of aryl methyl sites for hydroxylation is 1. The number of imidazole rings is 1. The molecule has 174 valence electrons. The van der Waals surface area contributed by atoms with Crippen molar-refractivity contribution in [1.82, 2.24) is 19.4 Å². The molecule has 1 aromatic heterocycles. The maximum absolute atomic E-state index is 12.7. The van der Waals surface area contributed by atoms with Gasteiger partial charge in [-0.15, -0.1) is 0 Å². The number of rotatable bonds is 4. The summed E-state index contributed by atoms with van der Waals surface area (Å²) in [6.07, 6.45) is -0.252. The Morgan fingerprint density at radius 2 is 1.67 bits per heavy atom. The van der Waals surface area contributed by atoms with Gasteiger partial charge in [0.2, 0.25) is 5.95 Å². The van der Waals surface area contributed by atoms with Crippen LogP contribution in [0.1, 0.15) is 36.7 Å². The van der Waals surface area contributed by atoms with Crippen molar-refractivity contribution in [3.63, 3.8) is 0 Å². The number of hydrogen-bond donors (Lipinski definition) is 1. The Labute approximate surface area is 194 Å². The fourth-order valence-corrected chi connectivity index (χ4v) is 3.87. The molecule has 2 heterocycles. The van der Waals surface area contributed by atoms with Gasteiger partial charge in [-0.2, -0.15) is 0 Å². The maximum atomic E-state index is 12.7. The smallest absolute Gasteiger partial charge is 0.410 e. The summed E-state index contributed by atoms with van der Waals surface area (Å²) in [4.78, 5) is 33.5. The fourth-order valence-electron chi connectivity index (χ4n) is 3.87. The van der Waals surface area contributed by atoms with Gasteiger partial charge in [-0.25, -0.2) is 9.78 Å². The second-order valence-corrected chi connectivity index (χ2v) is 9.38. The highest BCUT2D eigenvalue weighted by atomic mass is 16.6. The van der Waals surface area contributed by atoms with Crippen molar-refractivity contribution in [3.8, 4) is 0 Å². The number of nitrogens with zero attached hydrogens (tertiary/aromatic N) is 4. The van der Waals surface area contributed by atoms with Crippen molar-refractivity contribution >= 4 is 29.0 Å². The molecule has 1 saturated heterocycles. The minimum absolute atomic E-state index is 0.189. The first-order valence-electron chi connectivity index (χ1n) is 11.2. The maximum Gasteiger partial charge on any atom is 0.410 e. The van der Waals surface area contributed by atoms with E-state index in [1.807, 2.05) is 80.9 Å². The minimum atomic E-state index is -0.480. The molecule has 1 aliphatic rings. The van der Waals surface area contributed by atoms with Gasteiger partial charge in [0.05, 0.1) is 11.0 Å². The number of hydrogen-bond acceptors (Lipinski definition) is 5. The highest BCUT2D eigenvalue weighted by molar-refractivity contribution is 6.04. The quantitative estimate of drug-likeness (QED) is 0.654. The van der Waals surface area contributed by atoms with Crippen LogP contribution in [0.25, 0.3) is 11.0 Å². The molecule has 0 saturated carbocycles. The van der Waals surface area contributed by atoms with Crippen molar-refractivity contribution in [3.05, 3.63) is 59.7 Å². The van der Waals surface area contributed by atoms with Gasteiger partial charge in [-0.05, 0) is 50.6 Å². The number of amides is 2. The van der Waals surface area contributed by atoms with E-state index in [4.69, 9.17) is 4.74 Å². The molecule has 0 spiro atoms. The molecule has 0 radical (unpaired) electrons. The summed E-state index contributed by atoms with van der Waals surface area (Å²) in [5.74, 6) is 0.332. The van der Waals surface area contributed by atoms with Gasteiger partial charge in [0.25, 0.3) is 5.91 Å². The van der Waals surface area contributed by atoms with Crippen LogP contribution in [0.15, 0.2) is 48.5 Å². The Bertz CT molecular complexity index is 1140. The van der Waals surface area contributed by atoms with Crippen molar-refractivity contribution in [1.29, 1.82) is 0 Å². The number of fused-ring (bicyclic) bond motifs is 1. The van der Waals surface area contributed by atoms with E-state index in [1.54, 1.807) is 4.90 Å². The molecular formula is C25H31N5O3. The average molecular weight is 450 g/mol. The predicted octanol–water partition coefficient (Wildman–Crippen LogP) is 3.88. The third-order valence-corrected chi connectivity index (χ3v) is 5.66. The van der Waals surface area contributed by atoms with Gasteiger partial charge < -0.3 is 14.2 Å². The predicted molar refractivity (Wildman–Crippen MR) is 128 cm³/mol. The first-order valence-corrected chi connectivity index (χ1v) is 11.2. The van der Waals surface area contributed by atoms with Crippen molar-refractivity contribution in [2.75, 3.05) is 31.5 Å². The molecule has 33 heavy (non-hydrogen) atoms. The van der Waals surface area contributed by atoms with Gasteiger partial charge in [0.15, 0.2) is 0 Å². The van der Waals surface area contributed by atoms with Gasteiger partial charge in [0.1, 0.15) is 5.60 Å². The molecule has 0 atom stereocenters. The van der Waals surface area contributed by atoms with E-state index in [-0.39, 0.29) is 12.0 Å². The summed E-state index contributed by atoms with van der Waals surface area (Å²) >= 11 is 0. The molecule has 8 heteroatoms. The zero-order valence-electron chi connectivity index (χ0n) is 19.7. The number of aromatic nitrogens is 2. The zero-order chi connectivity index (χ0) is 23.6. The van der Waals surface area contributed by atoms with E-state index in [2.05, 4.69) is 15.2 Å². The first kappa shape index (κ1) is 22.8. The summed E-state index contributed by atoms with van der Waals surface area (Å²) in [7, 11) is 1.89. The highest BCUT2D eigenvalue weighted by Gasteiger charge is 2.25. The Morgan fingerprint density at radius 3 is 2.30 bits per heavy atom. The van der Waals surface area contributed by atoms with Crippen LogP contribution in [-0.4, -0.2) is 63.1 Å². The van der Waals surface area contributed by atoms with Gasteiger partial charge in [-0.1, -0.05) is 24.3 Å². The summed E-state index contributed by atoms with van der Waals surface area (Å²) in [6, 6.07) is 15.4. The molecule has 1 fully saturated rings. The molecule has 8 nitrogen and oxygen atoms in total. The molecule has 0 aliphatic carbocycles. The second-order valence-electron chi connectivity index (χ2n) is 9.38. The van der Waals surface area contributed by atoms with Crippen LogP contribution in [0.2, 0.25) is 0 Å². The molecule has 0 bridgehead atoms. The lowest BCUT2D eigenvalue weighted by Gasteiger charge is -2.35. The van der Waals surface area contributed by atoms with Gasteiger partial charge in [0, 0.05) is 45.3 Å². The fraction of sp³-hybridized carbons (Fsp3) is 0.400. The Hall–Kier alpha value is -3.39. The van der Waals surface area contributed by atoms with Crippen LogP contribution in [0.5, 0.6) is 0 Å². The summed E-state index contributed by atoms with van der Waals surface area (Å²) in [5.41, 5.74) is 3.04. The molecule has 4 rings (SSSR count). The number of benzene rings is 2. The lowest BCUT2D eigenvalue weighted by Crippen LogP contribution is -2.49. The van der Waals surface area contributed by atoms with E-state index in [0.29, 0.717) is 24.6 Å². The van der Waals surface area contributed by atoms with E-state index < -0.39 is 5.60 Å². The standard InChI is InChI=1S/C25H31N5O3/c1-25(2,3)33-24(32)30-15-13-29(14-16-30)17-18-9-11-19(12-10-18)22(31)27-23-26-20-7-5-6-8-21(20)28(23)4/h5-12H,13-17H2,1-4H3,(H,26,27,31). The lowest BCUT2D eigenvalue weighted by atomic mass is 10.1. The molecule has 1 N–H and O–H groups in total. The normalized spacial score (nSPS) is 15.0. The summed E-state index contributed by atoms with van der Waals surface area (Å²) < 4.78 is 7.33. The third kappa shape index (κ3) is 5.51. The third-order valence-electron chi connectivity index (χ3n) is 5.66. The average Bonchev–Trinajstić information content (AvgIpc) is 3.09. The number of piperazine rings is 1. The van der Waals surface area contributed by atoms with Crippen molar-refractivity contribution in [2.24, 2.45) is 7.05 Å². The summed E-state index contributed by atoms with van der Waals surface area (Å²) in [5, 5.41) is 2.90. The summed E-state index contributed by atoms with van der Waals surface area (Å²) in [6.45, 7) is 9.27. The molecule has 0 unspecified atom stereocenters. The molecular weight excluding hydrogens is 418 g/mol. The monoisotopic (exact) mass is 449 g/mol. The first-order chi connectivity index (χ1) is 15.7. The second kappa shape index (κ2) is 9.23. The zero-order valence-corrected chi connectivity index (χ0v) is 19.7. The molecule has 1 aliphatic heterocycles. The number of nitrogens with one attached hydrogen (secondary N) is 1. The van der Waals surface area contributed by atoms with E-state index >= 15 is 0 Å². The number of carbonyl (C=O) groups excluding carboxylic acids is 2. The van der Waals surface area contributed by atoms with Gasteiger partial charge in [-0.3, -0.25) is 15.0 Å². The van der Waals surface area contributed by atoms with E-state index in [9.17, 15) is 9.59 Å². The largest absolute Gasteiger partial charge is 0.444 e. The Kier molecular flexibility index (Phi) is 6.37. The van der Waals surface area contributed by atoms with Crippen LogP contribution in [-0.2, 0) is 18.3 Å². The SMILES string of the molecule is Cn1c(NC(=O)c2ccc(CN3CCN(C(=O)OC(C)(C)C)CC3)cc2)nc2ccccc21. The molecule has 2 aromatic carbocycles. The lowest BCUT2D eigenvalue weighted by molar-refractivity contribution is 0.0139. The minimum Gasteiger partial charge on any atom is -0.444 e. The molecule has 2 amide bonds. The number of carbonyl (C=O) groups is 2. The number of ether oxygens (including phenoxy) is 1. The molecule has 3 aromatic rings. The van der Waals surface area contributed by atoms with Gasteiger partial charge >= 0.3 is 6.09 Å². The van der Waals surface area contributed by atoms with E-state index in [1.165, 1.54) is 0 Å². The van der Waals surface area contributed by atoms with Crippen LogP contribution in [0.4, 0.5) is 10.7 Å². The number of para-hydroxylation sites is 2. The van der Waals surface area contributed by atoms with E-state index in [0.717, 1.165) is 36.2 Å². The van der Waals surface area contributed by atoms with Crippen molar-refractivity contribution < 1.29 is 14.3 Å². The highest BCUT2D eigenvalue weighted by Crippen LogP contribution is 2.19.